The second-order valence-electron chi connectivity index (χ2n) is 4.76. The minimum atomic E-state index is 0.278. The van der Waals surface area contributed by atoms with Gasteiger partial charge in [0.05, 0.1) is 0 Å². The Labute approximate surface area is 120 Å². The first-order valence-corrected chi connectivity index (χ1v) is 6.96. The number of benzene rings is 2. The van der Waals surface area contributed by atoms with Gasteiger partial charge in [-0.05, 0) is 59.4 Å². The van der Waals surface area contributed by atoms with Crippen molar-refractivity contribution in [1.82, 2.24) is 0 Å². The molecular weight excluding hydrogens is 248 g/mol. The Morgan fingerprint density at radius 1 is 0.750 bits per heavy atom. The molecular formula is C18H20O2. The average Bonchev–Trinajstić information content (AvgIpc) is 2.44. The molecule has 0 saturated carbocycles. The molecule has 0 amide bonds. The average molecular weight is 268 g/mol. The van der Waals surface area contributed by atoms with Crippen LogP contribution in [0.1, 0.15) is 37.8 Å². The van der Waals surface area contributed by atoms with Gasteiger partial charge in [-0.1, -0.05) is 38.1 Å². The van der Waals surface area contributed by atoms with E-state index in [0.717, 1.165) is 24.0 Å². The number of rotatable bonds is 4. The third-order valence-corrected chi connectivity index (χ3v) is 3.46. The van der Waals surface area contributed by atoms with Crippen LogP contribution in [-0.4, -0.2) is 10.2 Å². The molecule has 0 fully saturated rings. The van der Waals surface area contributed by atoms with Crippen LogP contribution in [-0.2, 0) is 0 Å². The predicted octanol–water partition coefficient (Wildman–Crippen LogP) is 4.83. The monoisotopic (exact) mass is 268 g/mol. The van der Waals surface area contributed by atoms with Crippen LogP contribution in [0.25, 0.3) is 11.1 Å². The lowest BCUT2D eigenvalue weighted by atomic mass is 9.91. The van der Waals surface area contributed by atoms with Crippen LogP contribution in [0.4, 0.5) is 0 Å². The van der Waals surface area contributed by atoms with Gasteiger partial charge in [-0.25, -0.2) is 0 Å². The fourth-order valence-electron chi connectivity index (χ4n) is 2.57. The van der Waals surface area contributed by atoms with Crippen molar-refractivity contribution in [1.29, 1.82) is 0 Å². The van der Waals surface area contributed by atoms with Gasteiger partial charge in [-0.3, -0.25) is 0 Å². The quantitative estimate of drug-likeness (QED) is 0.780. The van der Waals surface area contributed by atoms with Gasteiger partial charge in [0.2, 0.25) is 0 Å². The zero-order chi connectivity index (χ0) is 14.5. The highest BCUT2D eigenvalue weighted by atomic mass is 16.3. The van der Waals surface area contributed by atoms with Gasteiger partial charge in [0.1, 0.15) is 11.5 Å². The second kappa shape index (κ2) is 6.29. The maximum absolute atomic E-state index is 9.66. The zero-order valence-corrected chi connectivity index (χ0v) is 11.9. The molecule has 2 aromatic rings. The smallest absolute Gasteiger partial charge is 0.116 e. The summed E-state index contributed by atoms with van der Waals surface area (Å²) >= 11 is 0. The molecule has 2 aromatic carbocycles. The van der Waals surface area contributed by atoms with Crippen molar-refractivity contribution in [2.45, 2.75) is 26.7 Å². The van der Waals surface area contributed by atoms with Crippen LogP contribution in [0, 0.1) is 0 Å². The zero-order valence-electron chi connectivity index (χ0n) is 11.9. The summed E-state index contributed by atoms with van der Waals surface area (Å²) in [6.07, 6.45) is 1.75. The molecule has 0 aliphatic carbocycles. The lowest BCUT2D eigenvalue weighted by Crippen LogP contribution is -1.91. The highest BCUT2D eigenvalue weighted by Crippen LogP contribution is 2.33. The van der Waals surface area contributed by atoms with E-state index >= 15 is 0 Å². The summed E-state index contributed by atoms with van der Waals surface area (Å²) in [7, 11) is 0. The van der Waals surface area contributed by atoms with E-state index in [2.05, 4.69) is 13.8 Å². The largest absolute Gasteiger partial charge is 0.508 e. The summed E-state index contributed by atoms with van der Waals surface area (Å²) < 4.78 is 0. The first kappa shape index (κ1) is 14.2. The topological polar surface area (TPSA) is 40.5 Å². The molecule has 0 aromatic heterocycles. The summed E-state index contributed by atoms with van der Waals surface area (Å²) in [5, 5.41) is 19.3. The molecule has 0 saturated heterocycles. The van der Waals surface area contributed by atoms with E-state index in [9.17, 15) is 10.2 Å². The van der Waals surface area contributed by atoms with Gasteiger partial charge >= 0.3 is 0 Å². The lowest BCUT2D eigenvalue weighted by molar-refractivity contribution is 0.474. The molecule has 0 bridgehead atoms. The molecule has 2 nitrogen and oxygen atoms in total. The highest BCUT2D eigenvalue weighted by Gasteiger charge is 2.09. The van der Waals surface area contributed by atoms with E-state index in [0.29, 0.717) is 0 Å². The van der Waals surface area contributed by atoms with Crippen molar-refractivity contribution < 1.29 is 10.2 Å². The summed E-state index contributed by atoms with van der Waals surface area (Å²) in [6.45, 7) is 4.22. The van der Waals surface area contributed by atoms with Crippen LogP contribution >= 0.6 is 0 Å². The molecule has 104 valence electrons. The first-order valence-electron chi connectivity index (χ1n) is 6.96. The SMILES string of the molecule is CC/C(=C(/CC)c1cccc(O)c1)c1cccc(O)c1. The standard InChI is InChI=1S/C18H20O2/c1-3-17(13-7-5-9-15(19)11-13)18(4-2)14-8-6-10-16(20)12-14/h5-12,19-20H,3-4H2,1-2H3/b18-17+. The van der Waals surface area contributed by atoms with Crippen LogP contribution in [0.3, 0.4) is 0 Å². The van der Waals surface area contributed by atoms with Gasteiger partial charge in [-0.15, -0.1) is 0 Å². The highest BCUT2D eigenvalue weighted by molar-refractivity contribution is 5.91. The summed E-state index contributed by atoms with van der Waals surface area (Å²) in [5.74, 6) is 0.555. The fraction of sp³-hybridized carbons (Fsp3) is 0.222. The minimum absolute atomic E-state index is 0.278. The molecule has 2 heteroatoms. The van der Waals surface area contributed by atoms with Crippen molar-refractivity contribution in [3.05, 3.63) is 59.7 Å². The van der Waals surface area contributed by atoms with E-state index in [-0.39, 0.29) is 11.5 Å². The van der Waals surface area contributed by atoms with Crippen molar-refractivity contribution in [3.63, 3.8) is 0 Å². The molecule has 0 heterocycles. The predicted molar refractivity (Wildman–Crippen MR) is 83.6 cm³/mol. The number of phenolic OH excluding ortho intramolecular Hbond substituents is 2. The number of aromatic hydroxyl groups is 2. The van der Waals surface area contributed by atoms with E-state index in [4.69, 9.17) is 0 Å². The maximum Gasteiger partial charge on any atom is 0.116 e. The van der Waals surface area contributed by atoms with E-state index < -0.39 is 0 Å². The van der Waals surface area contributed by atoms with Crippen LogP contribution in [0.5, 0.6) is 11.5 Å². The molecule has 2 rings (SSSR count). The maximum atomic E-state index is 9.66. The lowest BCUT2D eigenvalue weighted by Gasteiger charge is -2.14. The molecule has 0 radical (unpaired) electrons. The van der Waals surface area contributed by atoms with Gasteiger partial charge in [-0.2, -0.15) is 0 Å². The Kier molecular flexibility index (Phi) is 4.46. The van der Waals surface area contributed by atoms with Gasteiger partial charge in [0.25, 0.3) is 0 Å². The third kappa shape index (κ3) is 3.02. The number of hydrogen-bond donors (Lipinski definition) is 2. The molecule has 0 unspecified atom stereocenters. The summed E-state index contributed by atoms with van der Waals surface area (Å²) in [6, 6.07) is 14.7. The van der Waals surface area contributed by atoms with Gasteiger partial charge < -0.3 is 10.2 Å². The Bertz CT molecular complexity index is 571. The normalized spacial score (nSPS) is 12.1. The third-order valence-electron chi connectivity index (χ3n) is 3.46. The Morgan fingerprint density at radius 2 is 1.15 bits per heavy atom. The fourth-order valence-corrected chi connectivity index (χ4v) is 2.57. The van der Waals surface area contributed by atoms with Crippen molar-refractivity contribution in [2.24, 2.45) is 0 Å². The molecule has 20 heavy (non-hydrogen) atoms. The summed E-state index contributed by atoms with van der Waals surface area (Å²) in [5.41, 5.74) is 4.48. The minimum Gasteiger partial charge on any atom is -0.508 e. The Hall–Kier alpha value is -2.22. The number of allylic oxidation sites excluding steroid dienone is 2. The van der Waals surface area contributed by atoms with Crippen LogP contribution in [0.15, 0.2) is 48.5 Å². The summed E-state index contributed by atoms with van der Waals surface area (Å²) in [4.78, 5) is 0. The van der Waals surface area contributed by atoms with Crippen molar-refractivity contribution >= 4 is 11.1 Å². The molecule has 0 aliphatic rings. The molecule has 0 atom stereocenters. The van der Waals surface area contributed by atoms with Gasteiger partial charge in [0.15, 0.2) is 0 Å². The first-order chi connectivity index (χ1) is 9.65. The van der Waals surface area contributed by atoms with Crippen LogP contribution < -0.4 is 0 Å². The molecule has 0 spiro atoms. The molecule has 2 N–H and O–H groups in total. The van der Waals surface area contributed by atoms with Crippen molar-refractivity contribution in [2.75, 3.05) is 0 Å². The van der Waals surface area contributed by atoms with E-state index in [1.807, 2.05) is 24.3 Å². The van der Waals surface area contributed by atoms with Gasteiger partial charge in [0, 0.05) is 0 Å². The Balaban J connectivity index is 2.59. The number of phenols is 2. The Morgan fingerprint density at radius 3 is 1.45 bits per heavy atom. The van der Waals surface area contributed by atoms with E-state index in [1.165, 1.54) is 11.1 Å². The van der Waals surface area contributed by atoms with E-state index in [1.54, 1.807) is 24.3 Å². The van der Waals surface area contributed by atoms with Crippen molar-refractivity contribution in [3.8, 4) is 11.5 Å². The molecule has 0 aliphatic heterocycles. The number of hydrogen-bond acceptors (Lipinski definition) is 2. The van der Waals surface area contributed by atoms with Crippen LogP contribution in [0.2, 0.25) is 0 Å². The second-order valence-corrected chi connectivity index (χ2v) is 4.76.